The molecule has 0 aliphatic rings. The minimum absolute atomic E-state index is 0.0814. The Morgan fingerprint density at radius 3 is 2.15 bits per heavy atom. The summed E-state index contributed by atoms with van der Waals surface area (Å²) in [5, 5.41) is 2.89. The number of anilines is 1. The van der Waals surface area contributed by atoms with Crippen molar-refractivity contribution in [3.05, 3.63) is 65.2 Å². The van der Waals surface area contributed by atoms with Crippen molar-refractivity contribution in [2.45, 2.75) is 66.1 Å². The zero-order chi connectivity index (χ0) is 25.5. The molecule has 7 nitrogen and oxygen atoms in total. The van der Waals surface area contributed by atoms with E-state index in [9.17, 15) is 18.0 Å². The average Bonchev–Trinajstić information content (AvgIpc) is 2.76. The van der Waals surface area contributed by atoms with Gasteiger partial charge in [-0.3, -0.25) is 13.9 Å². The minimum Gasteiger partial charge on any atom is -0.352 e. The first-order valence-electron chi connectivity index (χ1n) is 11.7. The van der Waals surface area contributed by atoms with Crippen LogP contribution in [0, 0.1) is 6.92 Å². The highest BCUT2D eigenvalue weighted by Crippen LogP contribution is 2.21. The van der Waals surface area contributed by atoms with E-state index in [0.29, 0.717) is 12.1 Å². The predicted molar refractivity (Wildman–Crippen MR) is 137 cm³/mol. The summed E-state index contributed by atoms with van der Waals surface area (Å²) >= 11 is 0. The van der Waals surface area contributed by atoms with Gasteiger partial charge in [-0.25, -0.2) is 8.42 Å². The molecule has 0 unspecified atom stereocenters. The second kappa shape index (κ2) is 12.0. The Labute approximate surface area is 204 Å². The van der Waals surface area contributed by atoms with Gasteiger partial charge in [0.2, 0.25) is 21.8 Å². The van der Waals surface area contributed by atoms with Crippen molar-refractivity contribution in [3.8, 4) is 0 Å². The molecule has 1 atom stereocenters. The van der Waals surface area contributed by atoms with Gasteiger partial charge in [-0.2, -0.15) is 0 Å². The first-order chi connectivity index (χ1) is 16.0. The maximum atomic E-state index is 13.6. The van der Waals surface area contributed by atoms with Gasteiger partial charge in [0.25, 0.3) is 0 Å². The molecule has 0 aliphatic carbocycles. The summed E-state index contributed by atoms with van der Waals surface area (Å²) in [5.41, 5.74) is 3.41. The standard InChI is InChI=1S/C26H37N3O4S/c1-7-21-12-14-23(15-13-21)29(34(6,32)33)18-25(30)28(17-22-11-9-10-20(5)16-22)24(8-2)26(31)27-19(3)4/h9-16,19,24H,7-8,17-18H2,1-6H3,(H,27,31)/t24-/m0/s1. The summed E-state index contributed by atoms with van der Waals surface area (Å²) in [6.07, 6.45) is 2.31. The van der Waals surface area contributed by atoms with E-state index in [1.807, 2.05) is 71.0 Å². The molecule has 2 amide bonds. The third-order valence-corrected chi connectivity index (χ3v) is 6.70. The fourth-order valence-corrected chi connectivity index (χ4v) is 4.67. The van der Waals surface area contributed by atoms with Crippen LogP contribution in [0.2, 0.25) is 0 Å². The molecule has 0 saturated heterocycles. The lowest BCUT2D eigenvalue weighted by Crippen LogP contribution is -2.53. The number of amides is 2. The van der Waals surface area contributed by atoms with Crippen LogP contribution < -0.4 is 9.62 Å². The lowest BCUT2D eigenvalue weighted by atomic mass is 10.1. The quantitative estimate of drug-likeness (QED) is 0.524. The van der Waals surface area contributed by atoms with Crippen LogP contribution in [0.4, 0.5) is 5.69 Å². The van der Waals surface area contributed by atoms with Gasteiger partial charge in [-0.05, 0) is 56.9 Å². The van der Waals surface area contributed by atoms with Crippen molar-refractivity contribution in [2.24, 2.45) is 0 Å². The number of nitrogens with zero attached hydrogens (tertiary/aromatic N) is 2. The maximum absolute atomic E-state index is 13.6. The van der Waals surface area contributed by atoms with Gasteiger partial charge in [-0.1, -0.05) is 55.8 Å². The normalized spacial score (nSPS) is 12.3. The average molecular weight is 488 g/mol. The summed E-state index contributed by atoms with van der Waals surface area (Å²) < 4.78 is 26.4. The molecule has 0 saturated carbocycles. The van der Waals surface area contributed by atoms with Crippen molar-refractivity contribution in [1.82, 2.24) is 10.2 Å². The Kier molecular flexibility index (Phi) is 9.67. The summed E-state index contributed by atoms with van der Waals surface area (Å²) in [7, 11) is -3.73. The number of carbonyl (C=O) groups excluding carboxylic acids is 2. The van der Waals surface area contributed by atoms with E-state index in [2.05, 4.69) is 5.32 Å². The van der Waals surface area contributed by atoms with Gasteiger partial charge in [0, 0.05) is 12.6 Å². The Morgan fingerprint density at radius 1 is 1.00 bits per heavy atom. The first kappa shape index (κ1) is 27.4. The van der Waals surface area contributed by atoms with Crippen LogP contribution in [-0.4, -0.2) is 50.0 Å². The van der Waals surface area contributed by atoms with Crippen LogP contribution in [0.3, 0.4) is 0 Å². The number of benzene rings is 2. The molecule has 0 spiro atoms. The third-order valence-electron chi connectivity index (χ3n) is 5.56. The molecular formula is C26H37N3O4S. The van der Waals surface area contributed by atoms with Crippen molar-refractivity contribution in [2.75, 3.05) is 17.1 Å². The first-order valence-corrected chi connectivity index (χ1v) is 13.5. The van der Waals surface area contributed by atoms with E-state index < -0.39 is 22.0 Å². The van der Waals surface area contributed by atoms with Gasteiger partial charge in [0.1, 0.15) is 12.6 Å². The van der Waals surface area contributed by atoms with Gasteiger partial charge in [0.15, 0.2) is 0 Å². The number of aryl methyl sites for hydroxylation is 2. The maximum Gasteiger partial charge on any atom is 0.244 e. The Hall–Kier alpha value is -2.87. The Bertz CT molecular complexity index is 1080. The fraction of sp³-hybridized carbons (Fsp3) is 0.462. The molecule has 0 aromatic heterocycles. The largest absolute Gasteiger partial charge is 0.352 e. The number of nitrogens with one attached hydrogen (secondary N) is 1. The lowest BCUT2D eigenvalue weighted by molar-refractivity contribution is -0.140. The van der Waals surface area contributed by atoms with Gasteiger partial charge < -0.3 is 10.2 Å². The van der Waals surface area contributed by atoms with Gasteiger partial charge >= 0.3 is 0 Å². The summed E-state index contributed by atoms with van der Waals surface area (Å²) in [6.45, 7) is 9.37. The fourth-order valence-electron chi connectivity index (χ4n) is 3.82. The molecule has 34 heavy (non-hydrogen) atoms. The SMILES string of the molecule is CCc1ccc(N(CC(=O)N(Cc2cccc(C)c2)[C@@H](CC)C(=O)NC(C)C)S(C)(=O)=O)cc1. The molecule has 2 rings (SSSR count). The number of sulfonamides is 1. The number of hydrogen-bond acceptors (Lipinski definition) is 4. The van der Waals surface area contributed by atoms with Crippen LogP contribution in [0.25, 0.3) is 0 Å². The zero-order valence-electron chi connectivity index (χ0n) is 21.0. The van der Waals surface area contributed by atoms with Crippen LogP contribution in [0.5, 0.6) is 0 Å². The number of rotatable bonds is 11. The minimum atomic E-state index is -3.73. The van der Waals surface area contributed by atoms with Crippen LogP contribution in [0.15, 0.2) is 48.5 Å². The molecule has 8 heteroatoms. The number of hydrogen-bond donors (Lipinski definition) is 1. The Balaban J connectivity index is 2.43. The van der Waals surface area contributed by atoms with Crippen molar-refractivity contribution < 1.29 is 18.0 Å². The number of carbonyl (C=O) groups is 2. The highest BCUT2D eigenvalue weighted by atomic mass is 32.2. The highest BCUT2D eigenvalue weighted by molar-refractivity contribution is 7.92. The van der Waals surface area contributed by atoms with Crippen LogP contribution in [-0.2, 0) is 32.6 Å². The zero-order valence-corrected chi connectivity index (χ0v) is 21.9. The molecule has 0 fully saturated rings. The molecular weight excluding hydrogens is 450 g/mol. The van der Waals surface area contributed by atoms with E-state index in [0.717, 1.165) is 33.7 Å². The van der Waals surface area contributed by atoms with E-state index in [1.165, 1.54) is 4.90 Å². The van der Waals surface area contributed by atoms with Crippen LogP contribution in [0.1, 0.15) is 50.8 Å². The molecule has 0 radical (unpaired) electrons. The van der Waals surface area contributed by atoms with E-state index in [1.54, 1.807) is 12.1 Å². The van der Waals surface area contributed by atoms with Crippen LogP contribution >= 0.6 is 0 Å². The third kappa shape index (κ3) is 7.58. The highest BCUT2D eigenvalue weighted by Gasteiger charge is 2.31. The van der Waals surface area contributed by atoms with Crippen molar-refractivity contribution >= 4 is 27.5 Å². The monoisotopic (exact) mass is 487 g/mol. The Morgan fingerprint density at radius 2 is 1.65 bits per heavy atom. The molecule has 186 valence electrons. The predicted octanol–water partition coefficient (Wildman–Crippen LogP) is 3.66. The smallest absolute Gasteiger partial charge is 0.244 e. The molecule has 1 N–H and O–H groups in total. The molecule has 0 aliphatic heterocycles. The van der Waals surface area contributed by atoms with Gasteiger partial charge in [0.05, 0.1) is 11.9 Å². The van der Waals surface area contributed by atoms with Gasteiger partial charge in [-0.15, -0.1) is 0 Å². The summed E-state index contributed by atoms with van der Waals surface area (Å²) in [6, 6.07) is 14.1. The van der Waals surface area contributed by atoms with Crippen molar-refractivity contribution in [3.63, 3.8) is 0 Å². The molecule has 0 heterocycles. The topological polar surface area (TPSA) is 86.8 Å². The second-order valence-corrected chi connectivity index (χ2v) is 10.8. The van der Waals surface area contributed by atoms with E-state index in [-0.39, 0.29) is 25.0 Å². The van der Waals surface area contributed by atoms with Crippen molar-refractivity contribution in [1.29, 1.82) is 0 Å². The molecule has 2 aromatic carbocycles. The lowest BCUT2D eigenvalue weighted by Gasteiger charge is -2.33. The summed E-state index contributed by atoms with van der Waals surface area (Å²) in [4.78, 5) is 28.1. The van der Waals surface area contributed by atoms with E-state index >= 15 is 0 Å². The van der Waals surface area contributed by atoms with E-state index in [4.69, 9.17) is 0 Å². The second-order valence-electron chi connectivity index (χ2n) is 8.89. The summed E-state index contributed by atoms with van der Waals surface area (Å²) in [5.74, 6) is -0.686. The molecule has 0 bridgehead atoms. The molecule has 2 aromatic rings.